The van der Waals surface area contributed by atoms with E-state index < -0.39 is 0 Å². The summed E-state index contributed by atoms with van der Waals surface area (Å²) in [6, 6.07) is 0.306. The molecule has 1 atom stereocenters. The van der Waals surface area contributed by atoms with Crippen LogP contribution >= 0.6 is 0 Å². The van der Waals surface area contributed by atoms with E-state index >= 15 is 0 Å². The van der Waals surface area contributed by atoms with Crippen molar-refractivity contribution in [1.29, 1.82) is 0 Å². The summed E-state index contributed by atoms with van der Waals surface area (Å²) >= 11 is 0. The predicted molar refractivity (Wildman–Crippen MR) is 50.7 cm³/mol. The molecule has 1 heterocycles. The Kier molecular flexibility index (Phi) is 2.33. The monoisotopic (exact) mass is 180 g/mol. The number of hydrogen-bond donors (Lipinski definition) is 2. The molecule has 0 radical (unpaired) electrons. The van der Waals surface area contributed by atoms with Crippen LogP contribution in [-0.2, 0) is 6.54 Å². The second-order valence-electron chi connectivity index (χ2n) is 3.61. The van der Waals surface area contributed by atoms with E-state index in [0.29, 0.717) is 6.04 Å². The number of nitrogens with two attached hydrogens (primary N) is 1. The molecule has 72 valence electrons. The summed E-state index contributed by atoms with van der Waals surface area (Å²) in [4.78, 5) is 0. The van der Waals surface area contributed by atoms with Gasteiger partial charge in [-0.3, -0.25) is 16.0 Å². The van der Waals surface area contributed by atoms with Crippen LogP contribution in [0.3, 0.4) is 0 Å². The quantitative estimate of drug-likeness (QED) is 0.532. The third kappa shape index (κ3) is 1.73. The van der Waals surface area contributed by atoms with Gasteiger partial charge in [-0.05, 0) is 25.7 Å². The third-order valence-corrected chi connectivity index (χ3v) is 2.61. The van der Waals surface area contributed by atoms with E-state index in [-0.39, 0.29) is 0 Å². The highest BCUT2D eigenvalue weighted by Crippen LogP contribution is 2.40. The number of nitrogens with one attached hydrogen (secondary N) is 1. The van der Waals surface area contributed by atoms with E-state index in [0.717, 1.165) is 12.5 Å². The minimum atomic E-state index is 0.306. The van der Waals surface area contributed by atoms with E-state index in [1.165, 1.54) is 18.4 Å². The number of nitrogens with zero attached hydrogens (tertiary/aromatic N) is 2. The second-order valence-corrected chi connectivity index (χ2v) is 3.61. The van der Waals surface area contributed by atoms with Crippen LogP contribution in [0.25, 0.3) is 0 Å². The Balaban J connectivity index is 2.12. The average Bonchev–Trinajstić information content (AvgIpc) is 2.85. The summed E-state index contributed by atoms with van der Waals surface area (Å²) in [7, 11) is 0. The zero-order chi connectivity index (χ0) is 9.26. The summed E-state index contributed by atoms with van der Waals surface area (Å²) in [5.41, 5.74) is 4.08. The van der Waals surface area contributed by atoms with E-state index in [1.54, 1.807) is 0 Å². The fourth-order valence-electron chi connectivity index (χ4n) is 1.65. The topological polar surface area (TPSA) is 55.9 Å². The zero-order valence-electron chi connectivity index (χ0n) is 7.90. The minimum absolute atomic E-state index is 0.306. The van der Waals surface area contributed by atoms with Crippen molar-refractivity contribution in [3.63, 3.8) is 0 Å². The molecule has 0 aliphatic heterocycles. The average molecular weight is 180 g/mol. The van der Waals surface area contributed by atoms with Gasteiger partial charge in [0.1, 0.15) is 0 Å². The molecule has 1 saturated carbocycles. The number of hydrogen-bond acceptors (Lipinski definition) is 3. The zero-order valence-corrected chi connectivity index (χ0v) is 7.90. The molecule has 0 spiro atoms. The summed E-state index contributed by atoms with van der Waals surface area (Å²) < 4.78 is 1.93. The van der Waals surface area contributed by atoms with Crippen LogP contribution in [0.2, 0.25) is 0 Å². The van der Waals surface area contributed by atoms with Crippen molar-refractivity contribution in [3.8, 4) is 0 Å². The molecule has 1 unspecified atom stereocenters. The van der Waals surface area contributed by atoms with Crippen molar-refractivity contribution in [1.82, 2.24) is 15.2 Å². The maximum Gasteiger partial charge on any atom is 0.0538 e. The smallest absolute Gasteiger partial charge is 0.0538 e. The van der Waals surface area contributed by atoms with Crippen LogP contribution in [0.1, 0.15) is 31.4 Å². The highest BCUT2D eigenvalue weighted by atomic mass is 15.3. The Labute approximate surface area is 78.1 Å². The van der Waals surface area contributed by atoms with Gasteiger partial charge in [0, 0.05) is 18.3 Å². The highest BCUT2D eigenvalue weighted by Gasteiger charge is 2.32. The molecule has 4 nitrogen and oxygen atoms in total. The van der Waals surface area contributed by atoms with Crippen LogP contribution in [0.15, 0.2) is 12.4 Å². The third-order valence-electron chi connectivity index (χ3n) is 2.61. The summed E-state index contributed by atoms with van der Waals surface area (Å²) in [5, 5.41) is 4.23. The first-order valence-electron chi connectivity index (χ1n) is 4.83. The van der Waals surface area contributed by atoms with Crippen LogP contribution in [0, 0.1) is 5.92 Å². The molecule has 13 heavy (non-hydrogen) atoms. The van der Waals surface area contributed by atoms with Gasteiger partial charge in [0.25, 0.3) is 0 Å². The van der Waals surface area contributed by atoms with E-state index in [9.17, 15) is 0 Å². The van der Waals surface area contributed by atoms with Gasteiger partial charge in [-0.1, -0.05) is 0 Å². The second kappa shape index (κ2) is 3.47. The molecule has 1 aromatic heterocycles. The molecule has 0 amide bonds. The Morgan fingerprint density at radius 3 is 3.00 bits per heavy atom. The molecule has 1 fully saturated rings. The Hall–Kier alpha value is -0.870. The Morgan fingerprint density at radius 1 is 1.77 bits per heavy atom. The van der Waals surface area contributed by atoms with Crippen molar-refractivity contribution in [2.24, 2.45) is 11.8 Å². The summed E-state index contributed by atoms with van der Waals surface area (Å²) in [6.45, 7) is 3.00. The largest absolute Gasteiger partial charge is 0.273 e. The fraction of sp³-hybridized carbons (Fsp3) is 0.667. The molecular formula is C9H16N4. The first kappa shape index (κ1) is 8.72. The maximum atomic E-state index is 5.51. The molecule has 4 heteroatoms. The molecular weight excluding hydrogens is 164 g/mol. The molecule has 3 N–H and O–H groups in total. The van der Waals surface area contributed by atoms with E-state index in [1.807, 2.05) is 10.9 Å². The number of aryl methyl sites for hydroxylation is 1. The maximum absolute atomic E-state index is 5.51. The van der Waals surface area contributed by atoms with Gasteiger partial charge in [-0.2, -0.15) is 5.10 Å². The molecule has 0 saturated heterocycles. The summed E-state index contributed by atoms with van der Waals surface area (Å²) in [5.74, 6) is 6.23. The van der Waals surface area contributed by atoms with E-state index in [2.05, 4.69) is 23.6 Å². The van der Waals surface area contributed by atoms with Gasteiger partial charge < -0.3 is 0 Å². The lowest BCUT2D eigenvalue weighted by molar-refractivity contribution is 0.496. The van der Waals surface area contributed by atoms with Gasteiger partial charge >= 0.3 is 0 Å². The van der Waals surface area contributed by atoms with Crippen LogP contribution in [-0.4, -0.2) is 9.78 Å². The van der Waals surface area contributed by atoms with Gasteiger partial charge in [-0.15, -0.1) is 0 Å². The standard InChI is InChI=1S/C9H16N4/c1-2-13-6-8(5-11-13)9(12-10)7-3-4-7/h5-7,9,12H,2-4,10H2,1H3. The van der Waals surface area contributed by atoms with Gasteiger partial charge in [0.2, 0.25) is 0 Å². The van der Waals surface area contributed by atoms with Crippen molar-refractivity contribution < 1.29 is 0 Å². The lowest BCUT2D eigenvalue weighted by Crippen LogP contribution is -2.29. The molecule has 1 aromatic rings. The fourth-order valence-corrected chi connectivity index (χ4v) is 1.65. The van der Waals surface area contributed by atoms with Gasteiger partial charge in [-0.25, -0.2) is 0 Å². The van der Waals surface area contributed by atoms with Crippen LogP contribution in [0.4, 0.5) is 0 Å². The predicted octanol–water partition coefficient (Wildman–Crippen LogP) is 0.817. The van der Waals surface area contributed by atoms with Crippen molar-refractivity contribution in [2.75, 3.05) is 0 Å². The first-order valence-corrected chi connectivity index (χ1v) is 4.83. The minimum Gasteiger partial charge on any atom is -0.273 e. The normalized spacial score (nSPS) is 18.9. The number of aromatic nitrogens is 2. The molecule has 0 bridgehead atoms. The van der Waals surface area contributed by atoms with Crippen molar-refractivity contribution in [2.45, 2.75) is 32.4 Å². The molecule has 1 aliphatic carbocycles. The molecule has 2 rings (SSSR count). The van der Waals surface area contributed by atoms with Gasteiger partial charge in [0.15, 0.2) is 0 Å². The van der Waals surface area contributed by atoms with Crippen molar-refractivity contribution in [3.05, 3.63) is 18.0 Å². The van der Waals surface area contributed by atoms with Gasteiger partial charge in [0.05, 0.1) is 12.2 Å². The van der Waals surface area contributed by atoms with Crippen LogP contribution < -0.4 is 11.3 Å². The number of hydrazine groups is 1. The van der Waals surface area contributed by atoms with Crippen LogP contribution in [0.5, 0.6) is 0 Å². The first-order chi connectivity index (χ1) is 6.35. The molecule has 0 aromatic carbocycles. The summed E-state index contributed by atoms with van der Waals surface area (Å²) in [6.07, 6.45) is 6.55. The number of rotatable bonds is 4. The van der Waals surface area contributed by atoms with E-state index in [4.69, 9.17) is 5.84 Å². The molecule has 1 aliphatic rings. The SMILES string of the molecule is CCn1cc(C(NN)C2CC2)cn1. The van der Waals surface area contributed by atoms with Crippen molar-refractivity contribution >= 4 is 0 Å². The lowest BCUT2D eigenvalue weighted by Gasteiger charge is -2.11. The Morgan fingerprint density at radius 2 is 2.54 bits per heavy atom. The lowest BCUT2D eigenvalue weighted by atomic mass is 10.1. The Bertz CT molecular complexity index is 277. The highest BCUT2D eigenvalue weighted by molar-refractivity contribution is 5.13.